The van der Waals surface area contributed by atoms with Crippen LogP contribution < -0.4 is 14.8 Å². The van der Waals surface area contributed by atoms with Crippen LogP contribution in [-0.4, -0.2) is 34.9 Å². The van der Waals surface area contributed by atoms with Crippen LogP contribution in [0.15, 0.2) is 42.5 Å². The molecule has 162 valence electrons. The molecule has 0 radical (unpaired) electrons. The summed E-state index contributed by atoms with van der Waals surface area (Å²) in [5, 5.41) is 11.8. The van der Waals surface area contributed by atoms with Crippen molar-refractivity contribution >= 4 is 11.6 Å². The molecule has 0 fully saturated rings. The van der Waals surface area contributed by atoms with E-state index in [9.17, 15) is 4.79 Å². The number of amides is 1. The second-order valence-electron chi connectivity index (χ2n) is 7.68. The molecule has 1 aromatic heterocycles. The molecule has 0 saturated heterocycles. The quantitative estimate of drug-likeness (QED) is 0.618. The fourth-order valence-corrected chi connectivity index (χ4v) is 4.06. The summed E-state index contributed by atoms with van der Waals surface area (Å²) < 4.78 is 13.0. The van der Waals surface area contributed by atoms with Gasteiger partial charge in [0.25, 0.3) is 0 Å². The van der Waals surface area contributed by atoms with E-state index in [-0.39, 0.29) is 5.91 Å². The minimum absolute atomic E-state index is 0.0536. The zero-order valence-corrected chi connectivity index (χ0v) is 18.1. The predicted octanol–water partition coefficient (Wildman–Crippen LogP) is 4.26. The van der Waals surface area contributed by atoms with E-state index in [1.54, 1.807) is 14.2 Å². The number of rotatable bonds is 7. The number of aryl methyl sites for hydroxylation is 2. The van der Waals surface area contributed by atoms with Crippen molar-refractivity contribution in [1.82, 2.24) is 14.8 Å². The third-order valence-electron chi connectivity index (χ3n) is 5.62. The number of nitrogens with one attached hydrogen (secondary N) is 1. The Balaban J connectivity index is 1.44. The number of methoxy groups -OCH3 is 2. The van der Waals surface area contributed by atoms with Crippen LogP contribution in [0.4, 0.5) is 5.69 Å². The Morgan fingerprint density at radius 1 is 1.06 bits per heavy atom. The Bertz CT molecular complexity index is 1060. The van der Waals surface area contributed by atoms with E-state index >= 15 is 0 Å². The minimum Gasteiger partial charge on any atom is -0.493 e. The van der Waals surface area contributed by atoms with Crippen LogP contribution in [0, 0.1) is 0 Å². The van der Waals surface area contributed by atoms with Crippen LogP contribution >= 0.6 is 0 Å². The monoisotopic (exact) mass is 420 g/mol. The number of para-hydroxylation sites is 1. The van der Waals surface area contributed by atoms with Crippen molar-refractivity contribution in [2.75, 3.05) is 19.5 Å². The summed E-state index contributed by atoms with van der Waals surface area (Å²) in [5.41, 5.74) is 2.66. The molecule has 1 N–H and O–H groups in total. The molecule has 0 unspecified atom stereocenters. The Hall–Kier alpha value is -3.35. The van der Waals surface area contributed by atoms with Crippen LogP contribution in [0.25, 0.3) is 11.4 Å². The number of hydrogen-bond acceptors (Lipinski definition) is 5. The molecule has 3 aromatic rings. The molecule has 0 spiro atoms. The van der Waals surface area contributed by atoms with E-state index in [2.05, 4.69) is 20.1 Å². The summed E-state index contributed by atoms with van der Waals surface area (Å²) >= 11 is 0. The molecule has 1 amide bonds. The first-order valence-corrected chi connectivity index (χ1v) is 10.7. The summed E-state index contributed by atoms with van der Waals surface area (Å²) in [6.45, 7) is 0.941. The Morgan fingerprint density at radius 2 is 1.94 bits per heavy atom. The minimum atomic E-state index is -0.0536. The SMILES string of the molecule is COc1cccc(CCC(=O)Nc2cccc(-c3nnc4n3CCCCC4)c2)c1OC. The van der Waals surface area contributed by atoms with Gasteiger partial charge in [-0.2, -0.15) is 0 Å². The molecular formula is C24H28N4O3. The molecule has 31 heavy (non-hydrogen) atoms. The molecule has 1 aliphatic rings. The topological polar surface area (TPSA) is 78.3 Å². The molecule has 7 heteroatoms. The lowest BCUT2D eigenvalue weighted by molar-refractivity contribution is -0.116. The molecule has 0 saturated carbocycles. The number of carbonyl (C=O) groups excluding carboxylic acids is 1. The fourth-order valence-electron chi connectivity index (χ4n) is 4.06. The highest BCUT2D eigenvalue weighted by Crippen LogP contribution is 2.31. The normalized spacial score (nSPS) is 13.2. The van der Waals surface area contributed by atoms with Gasteiger partial charge in [0.1, 0.15) is 5.82 Å². The predicted molar refractivity (Wildman–Crippen MR) is 120 cm³/mol. The highest BCUT2D eigenvalue weighted by Gasteiger charge is 2.17. The van der Waals surface area contributed by atoms with Gasteiger partial charge in [-0.25, -0.2) is 0 Å². The highest BCUT2D eigenvalue weighted by atomic mass is 16.5. The van der Waals surface area contributed by atoms with Gasteiger partial charge in [-0.1, -0.05) is 30.7 Å². The summed E-state index contributed by atoms with van der Waals surface area (Å²) in [7, 11) is 3.22. The van der Waals surface area contributed by atoms with E-state index in [1.807, 2.05) is 42.5 Å². The van der Waals surface area contributed by atoms with Crippen LogP contribution in [0.1, 0.15) is 37.1 Å². The molecular weight excluding hydrogens is 392 g/mol. The van der Waals surface area contributed by atoms with Gasteiger partial charge in [0.15, 0.2) is 17.3 Å². The maximum Gasteiger partial charge on any atom is 0.224 e. The van der Waals surface area contributed by atoms with Crippen LogP contribution in [-0.2, 0) is 24.2 Å². The molecule has 0 atom stereocenters. The highest BCUT2D eigenvalue weighted by molar-refractivity contribution is 5.91. The average Bonchev–Trinajstić information content (AvgIpc) is 3.05. The first-order chi connectivity index (χ1) is 15.2. The zero-order valence-electron chi connectivity index (χ0n) is 18.1. The van der Waals surface area contributed by atoms with Crippen molar-refractivity contribution in [1.29, 1.82) is 0 Å². The Morgan fingerprint density at radius 3 is 2.77 bits per heavy atom. The van der Waals surface area contributed by atoms with E-state index in [1.165, 1.54) is 6.42 Å². The molecule has 0 bridgehead atoms. The van der Waals surface area contributed by atoms with Crippen LogP contribution in [0.3, 0.4) is 0 Å². The number of benzene rings is 2. The Kier molecular flexibility index (Phi) is 6.50. The van der Waals surface area contributed by atoms with Gasteiger partial charge < -0.3 is 19.4 Å². The summed E-state index contributed by atoms with van der Waals surface area (Å²) in [6, 6.07) is 13.5. The Labute approximate surface area is 182 Å². The number of aromatic nitrogens is 3. The maximum atomic E-state index is 12.6. The lowest BCUT2D eigenvalue weighted by atomic mass is 10.1. The van der Waals surface area contributed by atoms with Gasteiger partial charge in [0.2, 0.25) is 5.91 Å². The van der Waals surface area contributed by atoms with Crippen LogP contribution in [0.2, 0.25) is 0 Å². The van der Waals surface area contributed by atoms with E-state index in [0.717, 1.165) is 54.3 Å². The van der Waals surface area contributed by atoms with Crippen LogP contribution in [0.5, 0.6) is 11.5 Å². The number of anilines is 1. The fraction of sp³-hybridized carbons (Fsp3) is 0.375. The molecule has 4 rings (SSSR count). The summed E-state index contributed by atoms with van der Waals surface area (Å²) in [5.74, 6) is 3.21. The van der Waals surface area contributed by atoms with Crippen molar-refractivity contribution in [2.24, 2.45) is 0 Å². The van der Waals surface area contributed by atoms with Crippen molar-refractivity contribution < 1.29 is 14.3 Å². The number of hydrogen-bond donors (Lipinski definition) is 1. The third-order valence-corrected chi connectivity index (χ3v) is 5.62. The molecule has 0 aliphatic carbocycles. The zero-order chi connectivity index (χ0) is 21.6. The summed E-state index contributed by atoms with van der Waals surface area (Å²) in [4.78, 5) is 12.6. The third kappa shape index (κ3) is 4.71. The van der Waals surface area contributed by atoms with Gasteiger partial charge in [0.05, 0.1) is 14.2 Å². The van der Waals surface area contributed by atoms with E-state index in [4.69, 9.17) is 9.47 Å². The van der Waals surface area contributed by atoms with Crippen molar-refractivity contribution in [3.05, 3.63) is 53.9 Å². The van der Waals surface area contributed by atoms with E-state index in [0.29, 0.717) is 24.3 Å². The van der Waals surface area contributed by atoms with Crippen molar-refractivity contribution in [2.45, 2.75) is 45.1 Å². The first kappa shape index (κ1) is 20.9. The average molecular weight is 421 g/mol. The lowest BCUT2D eigenvalue weighted by Crippen LogP contribution is -2.13. The van der Waals surface area contributed by atoms with Gasteiger partial charge in [-0.15, -0.1) is 10.2 Å². The smallest absolute Gasteiger partial charge is 0.224 e. The number of fused-ring (bicyclic) bond motifs is 1. The lowest BCUT2D eigenvalue weighted by Gasteiger charge is -2.13. The second-order valence-corrected chi connectivity index (χ2v) is 7.68. The van der Waals surface area contributed by atoms with Gasteiger partial charge in [0, 0.05) is 30.6 Å². The summed E-state index contributed by atoms with van der Waals surface area (Å²) in [6.07, 6.45) is 5.39. The number of ether oxygens (including phenoxy) is 2. The van der Waals surface area contributed by atoms with Gasteiger partial charge in [-0.3, -0.25) is 4.79 Å². The first-order valence-electron chi connectivity index (χ1n) is 10.7. The van der Waals surface area contributed by atoms with Gasteiger partial charge in [-0.05, 0) is 43.0 Å². The molecule has 1 aliphatic heterocycles. The van der Waals surface area contributed by atoms with Crippen molar-refractivity contribution in [3.63, 3.8) is 0 Å². The number of nitrogens with zero attached hydrogens (tertiary/aromatic N) is 3. The van der Waals surface area contributed by atoms with E-state index < -0.39 is 0 Å². The largest absolute Gasteiger partial charge is 0.493 e. The number of carbonyl (C=O) groups is 1. The molecule has 2 heterocycles. The standard InChI is InChI=1S/C24H28N4O3/c1-30-20-11-7-8-17(23(20)31-2)13-14-22(29)25-19-10-6-9-18(16-19)24-27-26-21-12-4-3-5-15-28(21)24/h6-11,16H,3-5,12-15H2,1-2H3,(H,25,29). The molecule has 7 nitrogen and oxygen atoms in total. The second kappa shape index (κ2) is 9.64. The van der Waals surface area contributed by atoms with Crippen molar-refractivity contribution in [3.8, 4) is 22.9 Å². The molecule has 2 aromatic carbocycles. The maximum absolute atomic E-state index is 12.6. The van der Waals surface area contributed by atoms with Gasteiger partial charge >= 0.3 is 0 Å².